The summed E-state index contributed by atoms with van der Waals surface area (Å²) in [5, 5.41) is 13.5. The number of H-pyrrole nitrogens is 1. The molecule has 0 unspecified atom stereocenters. The summed E-state index contributed by atoms with van der Waals surface area (Å²) >= 11 is 6.13. The van der Waals surface area contributed by atoms with Gasteiger partial charge in [-0.15, -0.1) is 17.5 Å². The number of nitrogens with one attached hydrogen (secondary N) is 3. The van der Waals surface area contributed by atoms with Gasteiger partial charge in [0, 0.05) is 17.5 Å². The minimum atomic E-state index is -0.0296. The zero-order valence-electron chi connectivity index (χ0n) is 12.7. The van der Waals surface area contributed by atoms with E-state index in [0.717, 1.165) is 24.9 Å². The van der Waals surface area contributed by atoms with Gasteiger partial charge in [0.25, 0.3) is 0 Å². The number of halogens is 2. The predicted molar refractivity (Wildman–Crippen MR) is 92.9 cm³/mol. The molecule has 124 valence electrons. The second-order valence-electron chi connectivity index (χ2n) is 5.55. The molecule has 2 aromatic rings. The van der Waals surface area contributed by atoms with Gasteiger partial charge in [-0.25, -0.2) is 0 Å². The van der Waals surface area contributed by atoms with Crippen LogP contribution in [0.15, 0.2) is 24.3 Å². The van der Waals surface area contributed by atoms with Crippen LogP contribution in [0.4, 0.5) is 5.95 Å². The molecule has 0 aliphatic carbocycles. The molecule has 1 amide bonds. The Labute approximate surface area is 145 Å². The number of aromatic nitrogens is 3. The Kier molecular flexibility index (Phi) is 5.98. The topological polar surface area (TPSA) is 82.7 Å². The van der Waals surface area contributed by atoms with Crippen LogP contribution in [-0.2, 0) is 4.79 Å². The molecule has 1 saturated heterocycles. The van der Waals surface area contributed by atoms with Gasteiger partial charge in [0.1, 0.15) is 0 Å². The molecule has 3 rings (SSSR count). The second kappa shape index (κ2) is 7.77. The van der Waals surface area contributed by atoms with Crippen molar-refractivity contribution in [3.05, 3.63) is 29.3 Å². The Morgan fingerprint density at radius 1 is 1.39 bits per heavy atom. The van der Waals surface area contributed by atoms with Crippen LogP contribution in [0, 0.1) is 5.92 Å². The number of benzene rings is 1. The van der Waals surface area contributed by atoms with E-state index in [1.807, 2.05) is 18.2 Å². The van der Waals surface area contributed by atoms with Gasteiger partial charge in [0.2, 0.25) is 11.9 Å². The van der Waals surface area contributed by atoms with Crippen LogP contribution in [0.5, 0.6) is 0 Å². The number of aromatic amines is 1. The van der Waals surface area contributed by atoms with E-state index in [9.17, 15) is 4.79 Å². The van der Waals surface area contributed by atoms with Crippen LogP contribution in [0.1, 0.15) is 19.8 Å². The van der Waals surface area contributed by atoms with Crippen molar-refractivity contribution in [2.45, 2.75) is 25.8 Å². The molecule has 6 nitrogen and oxygen atoms in total. The fourth-order valence-electron chi connectivity index (χ4n) is 2.67. The molecule has 1 aromatic carbocycles. The Balaban J connectivity index is 0.00000192. The first kappa shape index (κ1) is 17.7. The lowest BCUT2D eigenvalue weighted by Gasteiger charge is -2.26. The molecule has 8 heteroatoms. The van der Waals surface area contributed by atoms with Crippen molar-refractivity contribution >= 4 is 35.9 Å². The molecule has 1 fully saturated rings. The third kappa shape index (κ3) is 4.22. The minimum Gasteiger partial charge on any atom is -0.314 e. The molecule has 23 heavy (non-hydrogen) atoms. The molecule has 0 spiro atoms. The normalized spacial score (nSPS) is 20.6. The Bertz CT molecular complexity index is 675. The van der Waals surface area contributed by atoms with E-state index >= 15 is 0 Å². The number of carbonyl (C=O) groups excluding carboxylic acids is 1. The molecule has 2 atom stereocenters. The molecule has 0 radical (unpaired) electrons. The number of hydrogen-bond donors (Lipinski definition) is 3. The van der Waals surface area contributed by atoms with E-state index in [-0.39, 0.29) is 30.2 Å². The van der Waals surface area contributed by atoms with Gasteiger partial charge in [-0.05, 0) is 38.4 Å². The first-order chi connectivity index (χ1) is 10.6. The lowest BCUT2D eigenvalue weighted by Crippen LogP contribution is -2.40. The van der Waals surface area contributed by atoms with E-state index in [2.05, 4.69) is 32.7 Å². The van der Waals surface area contributed by atoms with Crippen LogP contribution in [-0.4, -0.2) is 33.7 Å². The zero-order chi connectivity index (χ0) is 15.5. The third-order valence-corrected chi connectivity index (χ3v) is 4.17. The van der Waals surface area contributed by atoms with E-state index in [0.29, 0.717) is 16.9 Å². The van der Waals surface area contributed by atoms with Crippen molar-refractivity contribution in [1.29, 1.82) is 0 Å². The number of nitrogens with zero attached hydrogens (tertiary/aromatic N) is 2. The summed E-state index contributed by atoms with van der Waals surface area (Å²) < 4.78 is 0. The molecule has 0 bridgehead atoms. The lowest BCUT2D eigenvalue weighted by molar-refractivity contribution is -0.120. The molecule has 0 saturated carbocycles. The highest BCUT2D eigenvalue weighted by atomic mass is 35.5. The minimum absolute atomic E-state index is 0. The Morgan fingerprint density at radius 3 is 2.91 bits per heavy atom. The summed E-state index contributed by atoms with van der Waals surface area (Å²) in [4.78, 5) is 16.6. The van der Waals surface area contributed by atoms with Crippen molar-refractivity contribution in [2.24, 2.45) is 5.92 Å². The third-order valence-electron chi connectivity index (χ3n) is 3.84. The van der Waals surface area contributed by atoms with Crippen LogP contribution in [0.2, 0.25) is 5.02 Å². The van der Waals surface area contributed by atoms with Gasteiger partial charge in [0.05, 0.1) is 5.02 Å². The molecule has 3 N–H and O–H groups in total. The Morgan fingerprint density at radius 2 is 2.17 bits per heavy atom. The number of anilines is 1. The van der Waals surface area contributed by atoms with Crippen molar-refractivity contribution < 1.29 is 4.79 Å². The standard InChI is InChI=1S/C15H18ClN5O.ClH/c1-9-8-10(6-7-17-9)14(22)19-15-18-13(20-21-15)11-4-2-3-5-12(11)16;/h2-5,9-10,17H,6-8H2,1H3,(H2,18,19,20,21,22);1H/t9-,10-;/m0./s1. The van der Waals surface area contributed by atoms with Crippen LogP contribution in [0.3, 0.4) is 0 Å². The highest BCUT2D eigenvalue weighted by Crippen LogP contribution is 2.25. The second-order valence-corrected chi connectivity index (χ2v) is 5.96. The van der Waals surface area contributed by atoms with E-state index in [4.69, 9.17) is 11.6 Å². The molecular formula is C15H19Cl2N5O. The summed E-state index contributed by atoms with van der Waals surface area (Å²) in [6.45, 7) is 2.94. The predicted octanol–water partition coefficient (Wildman–Crippen LogP) is 2.87. The smallest absolute Gasteiger partial charge is 0.249 e. The van der Waals surface area contributed by atoms with Crippen molar-refractivity contribution in [3.63, 3.8) is 0 Å². The summed E-state index contributed by atoms with van der Waals surface area (Å²) in [5.74, 6) is 0.794. The van der Waals surface area contributed by atoms with Gasteiger partial charge < -0.3 is 5.32 Å². The molecule has 1 aromatic heterocycles. The number of hydrogen-bond acceptors (Lipinski definition) is 4. The largest absolute Gasteiger partial charge is 0.314 e. The quantitative estimate of drug-likeness (QED) is 0.790. The highest BCUT2D eigenvalue weighted by molar-refractivity contribution is 6.33. The average molecular weight is 356 g/mol. The van der Waals surface area contributed by atoms with Gasteiger partial charge in [-0.2, -0.15) is 4.98 Å². The summed E-state index contributed by atoms with van der Waals surface area (Å²) in [6, 6.07) is 7.72. The summed E-state index contributed by atoms with van der Waals surface area (Å²) in [6.07, 6.45) is 1.66. The molecule has 1 aliphatic rings. The fourth-order valence-corrected chi connectivity index (χ4v) is 2.90. The monoisotopic (exact) mass is 355 g/mol. The van der Waals surface area contributed by atoms with Gasteiger partial charge in [0.15, 0.2) is 5.82 Å². The van der Waals surface area contributed by atoms with E-state index in [1.54, 1.807) is 6.07 Å². The number of amides is 1. The van der Waals surface area contributed by atoms with Gasteiger partial charge >= 0.3 is 0 Å². The van der Waals surface area contributed by atoms with Crippen molar-refractivity contribution in [1.82, 2.24) is 20.5 Å². The zero-order valence-corrected chi connectivity index (χ0v) is 14.2. The number of carbonyl (C=O) groups is 1. The molecule has 2 heterocycles. The van der Waals surface area contributed by atoms with E-state index in [1.165, 1.54) is 0 Å². The maximum atomic E-state index is 12.3. The Hall–Kier alpha value is -1.63. The number of piperidine rings is 1. The highest BCUT2D eigenvalue weighted by Gasteiger charge is 2.25. The average Bonchev–Trinajstić information content (AvgIpc) is 2.96. The van der Waals surface area contributed by atoms with Crippen LogP contribution >= 0.6 is 24.0 Å². The first-order valence-corrected chi connectivity index (χ1v) is 7.73. The number of rotatable bonds is 3. The molecular weight excluding hydrogens is 337 g/mol. The van der Waals surface area contributed by atoms with Gasteiger partial charge in [-0.3, -0.25) is 15.2 Å². The van der Waals surface area contributed by atoms with Crippen molar-refractivity contribution in [2.75, 3.05) is 11.9 Å². The maximum absolute atomic E-state index is 12.3. The van der Waals surface area contributed by atoms with Gasteiger partial charge in [-0.1, -0.05) is 23.7 Å². The SMILES string of the molecule is C[C@H]1C[C@@H](C(=O)Nc2n[nH]c(-c3ccccc3Cl)n2)CCN1.Cl. The first-order valence-electron chi connectivity index (χ1n) is 7.35. The van der Waals surface area contributed by atoms with Crippen LogP contribution < -0.4 is 10.6 Å². The van der Waals surface area contributed by atoms with E-state index < -0.39 is 0 Å². The maximum Gasteiger partial charge on any atom is 0.249 e. The molecule has 1 aliphatic heterocycles. The summed E-state index contributed by atoms with van der Waals surface area (Å²) in [7, 11) is 0. The summed E-state index contributed by atoms with van der Waals surface area (Å²) in [5.41, 5.74) is 0.757. The lowest BCUT2D eigenvalue weighted by atomic mass is 9.92. The van der Waals surface area contributed by atoms with Crippen LogP contribution in [0.25, 0.3) is 11.4 Å². The van der Waals surface area contributed by atoms with Crippen molar-refractivity contribution in [3.8, 4) is 11.4 Å². The fraction of sp³-hybridized carbons (Fsp3) is 0.400.